The summed E-state index contributed by atoms with van der Waals surface area (Å²) in [5.41, 5.74) is 0.306. The van der Waals surface area contributed by atoms with Gasteiger partial charge in [-0.3, -0.25) is 4.99 Å². The van der Waals surface area contributed by atoms with Gasteiger partial charge in [0, 0.05) is 44.7 Å². The number of carbonyl (C=O) groups is 3. The zero-order chi connectivity index (χ0) is 39.0. The van der Waals surface area contributed by atoms with Gasteiger partial charge in [-0.1, -0.05) is 12.1 Å². The van der Waals surface area contributed by atoms with Crippen molar-refractivity contribution in [2.24, 2.45) is 16.8 Å². The molecule has 4 aromatic carbocycles. The summed E-state index contributed by atoms with van der Waals surface area (Å²) in [7, 11) is 0. The average Bonchev–Trinajstić information content (AvgIpc) is 3.98. The van der Waals surface area contributed by atoms with Gasteiger partial charge in [0.2, 0.25) is 0 Å². The molecule has 0 N–H and O–H groups in total. The lowest BCUT2D eigenvalue weighted by Crippen LogP contribution is -2.32. The average molecular weight is 770 g/mol. The maximum absolute atomic E-state index is 15.0. The number of epoxide rings is 1. The van der Waals surface area contributed by atoms with Crippen LogP contribution in [-0.2, 0) is 14.2 Å². The van der Waals surface area contributed by atoms with Gasteiger partial charge in [-0.15, -0.1) is 0 Å². The Morgan fingerprint density at radius 2 is 1.50 bits per heavy atom. The Kier molecular flexibility index (Phi) is 12.7. The number of aliphatic imine (C=N–C) groups is 1. The van der Waals surface area contributed by atoms with Crippen LogP contribution >= 0.6 is 0 Å². The highest BCUT2D eigenvalue weighted by Crippen LogP contribution is 2.39. The van der Waals surface area contributed by atoms with Gasteiger partial charge in [0.05, 0.1) is 35.5 Å². The fourth-order valence-electron chi connectivity index (χ4n) is 7.31. The highest BCUT2D eigenvalue weighted by molar-refractivity contribution is 5.97. The number of esters is 3. The molecule has 7 rings (SSSR count). The van der Waals surface area contributed by atoms with Crippen molar-refractivity contribution < 1.29 is 51.6 Å². The summed E-state index contributed by atoms with van der Waals surface area (Å²) in [6.45, 7) is 4.42. The fraction of sp³-hybridized carbons (Fsp3) is 0.409. The molecule has 4 aromatic rings. The summed E-state index contributed by atoms with van der Waals surface area (Å²) >= 11 is 0. The van der Waals surface area contributed by atoms with E-state index in [1.807, 2.05) is 25.1 Å². The number of ether oxygens (including phenoxy) is 6. The van der Waals surface area contributed by atoms with Crippen molar-refractivity contribution in [3.05, 3.63) is 101 Å². The van der Waals surface area contributed by atoms with Crippen LogP contribution < -0.4 is 14.2 Å². The van der Waals surface area contributed by atoms with E-state index < -0.39 is 36.0 Å². The van der Waals surface area contributed by atoms with Crippen molar-refractivity contribution in [2.45, 2.75) is 76.4 Å². The number of carbonyl (C=O) groups excluding carboxylic acids is 3. The number of rotatable bonds is 15. The van der Waals surface area contributed by atoms with Crippen LogP contribution in [0.4, 0.5) is 8.78 Å². The molecule has 2 saturated carbocycles. The van der Waals surface area contributed by atoms with E-state index in [1.54, 1.807) is 24.4 Å². The van der Waals surface area contributed by atoms with E-state index in [0.29, 0.717) is 56.5 Å². The van der Waals surface area contributed by atoms with Crippen LogP contribution in [0.3, 0.4) is 0 Å². The first-order chi connectivity index (χ1) is 27.2. The van der Waals surface area contributed by atoms with Gasteiger partial charge in [-0.2, -0.15) is 0 Å². The smallest absolute Gasteiger partial charge is 0.343 e. The molecule has 6 atom stereocenters. The Labute approximate surface area is 324 Å². The number of benzene rings is 4. The second kappa shape index (κ2) is 18.2. The molecule has 1 saturated heterocycles. The van der Waals surface area contributed by atoms with Crippen molar-refractivity contribution in [3.8, 4) is 17.2 Å². The lowest BCUT2D eigenvalue weighted by molar-refractivity contribution is 0.00644. The fourth-order valence-corrected chi connectivity index (χ4v) is 7.31. The summed E-state index contributed by atoms with van der Waals surface area (Å²) in [5, 5.41) is 1.64. The third-order valence-electron chi connectivity index (χ3n) is 10.3. The molecule has 56 heavy (non-hydrogen) atoms. The van der Waals surface area contributed by atoms with E-state index in [9.17, 15) is 18.8 Å². The summed E-state index contributed by atoms with van der Waals surface area (Å²) < 4.78 is 62.9. The van der Waals surface area contributed by atoms with Gasteiger partial charge in [0.15, 0.2) is 11.6 Å². The normalized spacial score (nSPS) is 23.0. The Bertz CT molecular complexity index is 2050. The van der Waals surface area contributed by atoms with Crippen LogP contribution in [0.2, 0.25) is 0 Å². The molecule has 6 unspecified atom stereocenters. The van der Waals surface area contributed by atoms with Crippen LogP contribution in [0, 0.1) is 17.7 Å². The second-order valence-electron chi connectivity index (χ2n) is 14.6. The predicted octanol–water partition coefficient (Wildman–Crippen LogP) is 8.52. The molecule has 0 bridgehead atoms. The summed E-state index contributed by atoms with van der Waals surface area (Å²) in [5.74, 6) is -2.23. The lowest BCUT2D eigenvalue weighted by atomic mass is 9.86. The molecule has 294 valence electrons. The summed E-state index contributed by atoms with van der Waals surface area (Å²) in [6.07, 6.45) is 6.20. The Hall–Kier alpha value is -5.20. The van der Waals surface area contributed by atoms with Crippen LogP contribution in [0.25, 0.3) is 10.8 Å². The third-order valence-corrected chi connectivity index (χ3v) is 10.3. The molecule has 0 radical (unpaired) electrons. The summed E-state index contributed by atoms with van der Waals surface area (Å²) in [6, 6.07) is 19.6. The number of alkyl halides is 1. The molecule has 3 aliphatic rings. The minimum atomic E-state index is -1.08. The minimum Gasteiger partial charge on any atom is -0.493 e. The van der Waals surface area contributed by atoms with Crippen molar-refractivity contribution in [1.29, 1.82) is 0 Å². The van der Waals surface area contributed by atoms with Gasteiger partial charge >= 0.3 is 17.9 Å². The zero-order valence-corrected chi connectivity index (χ0v) is 31.2. The van der Waals surface area contributed by atoms with Crippen LogP contribution in [0.15, 0.2) is 83.9 Å². The molecule has 0 amide bonds. The first-order valence-corrected chi connectivity index (χ1v) is 19.3. The molecule has 10 nitrogen and oxygen atoms in total. The SMILES string of the molecule is CCN=CC1CC(F)CC(OC(=O)c2ccc(OC(=O)c3ccc(OC(=O)c4ccc5cc(OCCCOCC6CCC7OC7C6)ccc5c4)c(F)c3)cc2)C1. The van der Waals surface area contributed by atoms with Crippen molar-refractivity contribution >= 4 is 34.9 Å². The molecular formula is C44H45F2NO9. The Morgan fingerprint density at radius 3 is 2.30 bits per heavy atom. The van der Waals surface area contributed by atoms with E-state index in [2.05, 4.69) is 4.99 Å². The van der Waals surface area contributed by atoms with Crippen molar-refractivity contribution in [3.63, 3.8) is 0 Å². The van der Waals surface area contributed by atoms with E-state index >= 15 is 4.39 Å². The number of hydrogen-bond acceptors (Lipinski definition) is 10. The monoisotopic (exact) mass is 769 g/mol. The van der Waals surface area contributed by atoms with E-state index in [1.165, 1.54) is 42.8 Å². The van der Waals surface area contributed by atoms with E-state index in [-0.39, 0.29) is 40.5 Å². The molecule has 1 heterocycles. The predicted molar refractivity (Wildman–Crippen MR) is 204 cm³/mol. The molecule has 1 aliphatic heterocycles. The molecular weight excluding hydrogens is 724 g/mol. The largest absolute Gasteiger partial charge is 0.493 e. The number of hydrogen-bond donors (Lipinski definition) is 0. The second-order valence-corrected chi connectivity index (χ2v) is 14.6. The van der Waals surface area contributed by atoms with Gasteiger partial charge < -0.3 is 28.4 Å². The highest BCUT2D eigenvalue weighted by atomic mass is 19.1. The highest BCUT2D eigenvalue weighted by Gasteiger charge is 2.43. The number of halogens is 2. The van der Waals surface area contributed by atoms with Crippen LogP contribution in [-0.4, -0.2) is 75.0 Å². The van der Waals surface area contributed by atoms with Gasteiger partial charge in [0.25, 0.3) is 0 Å². The maximum atomic E-state index is 15.0. The zero-order valence-electron chi connectivity index (χ0n) is 31.2. The van der Waals surface area contributed by atoms with Gasteiger partial charge in [-0.25, -0.2) is 23.2 Å². The van der Waals surface area contributed by atoms with Crippen molar-refractivity contribution in [1.82, 2.24) is 0 Å². The topological polar surface area (TPSA) is 122 Å². The maximum Gasteiger partial charge on any atom is 0.343 e. The molecule has 2 aliphatic carbocycles. The minimum absolute atomic E-state index is 0.0937. The molecule has 0 spiro atoms. The lowest BCUT2D eigenvalue weighted by Gasteiger charge is -2.29. The first kappa shape index (κ1) is 39.1. The van der Waals surface area contributed by atoms with E-state index in [0.717, 1.165) is 42.7 Å². The van der Waals surface area contributed by atoms with Gasteiger partial charge in [-0.05, 0) is 122 Å². The molecule has 12 heteroatoms. The molecule has 3 fully saturated rings. The summed E-state index contributed by atoms with van der Waals surface area (Å²) in [4.78, 5) is 42.7. The standard InChI is InChI=1S/C44H45F2NO9/c1-2-47-25-28-18-34(45)24-37(19-28)54-42(48)29-7-11-35(12-8-29)53-43(49)33-10-15-39(38(46)23-33)56-44(50)32-6-5-31-22-36(13-9-30(31)21-32)52-17-3-16-51-26-27-4-14-40-41(20-27)55-40/h5-13,15,21-23,25,27-28,34,37,40-41H,2-4,14,16-20,24,26H2,1H3. The van der Waals surface area contributed by atoms with Crippen molar-refractivity contribution in [2.75, 3.05) is 26.4 Å². The number of nitrogens with zero attached hydrogens (tertiary/aromatic N) is 1. The first-order valence-electron chi connectivity index (χ1n) is 19.3. The molecule has 0 aromatic heterocycles. The Morgan fingerprint density at radius 1 is 0.768 bits per heavy atom. The Balaban J connectivity index is 0.859. The quantitative estimate of drug-likeness (QED) is 0.0385. The van der Waals surface area contributed by atoms with E-state index in [4.69, 9.17) is 28.4 Å². The van der Waals surface area contributed by atoms with Crippen LogP contribution in [0.5, 0.6) is 17.2 Å². The third kappa shape index (κ3) is 10.3. The number of fused-ring (bicyclic) bond motifs is 2. The van der Waals surface area contributed by atoms with Gasteiger partial charge in [0.1, 0.15) is 23.8 Å². The van der Waals surface area contributed by atoms with Crippen LogP contribution in [0.1, 0.15) is 82.9 Å².